The zero-order chi connectivity index (χ0) is 21.1. The molecular formula is C20H26N2O6. The Labute approximate surface area is 164 Å². The third-order valence-corrected chi connectivity index (χ3v) is 4.13. The van der Waals surface area contributed by atoms with Gasteiger partial charge in [0.05, 0.1) is 5.69 Å². The summed E-state index contributed by atoms with van der Waals surface area (Å²) in [6.07, 6.45) is -0.244. The first-order chi connectivity index (χ1) is 13.0. The molecule has 0 saturated carbocycles. The molecule has 0 bridgehead atoms. The van der Waals surface area contributed by atoms with E-state index in [1.54, 1.807) is 45.0 Å². The fourth-order valence-corrected chi connectivity index (χ4v) is 2.94. The molecule has 1 aromatic carbocycles. The fourth-order valence-electron chi connectivity index (χ4n) is 2.94. The minimum Gasteiger partial charge on any atom is -0.444 e. The Morgan fingerprint density at radius 3 is 2.43 bits per heavy atom. The lowest BCUT2D eigenvalue weighted by Crippen LogP contribution is -2.43. The van der Waals surface area contributed by atoms with Crippen molar-refractivity contribution in [1.29, 1.82) is 0 Å². The lowest BCUT2D eigenvalue weighted by molar-refractivity contribution is -0.166. The topological polar surface area (TPSA) is 102 Å². The van der Waals surface area contributed by atoms with Crippen LogP contribution in [0.4, 0.5) is 10.5 Å². The van der Waals surface area contributed by atoms with Gasteiger partial charge >= 0.3 is 12.1 Å². The number of anilines is 1. The van der Waals surface area contributed by atoms with E-state index in [1.807, 2.05) is 0 Å². The van der Waals surface area contributed by atoms with E-state index in [-0.39, 0.29) is 13.0 Å². The second kappa shape index (κ2) is 8.00. The average Bonchev–Trinajstić information content (AvgIpc) is 2.78. The van der Waals surface area contributed by atoms with Crippen LogP contribution in [0.1, 0.15) is 53.0 Å². The molecule has 0 fully saturated rings. The number of rotatable bonds is 5. The molecule has 0 aliphatic carbocycles. The van der Waals surface area contributed by atoms with Crippen molar-refractivity contribution in [3.8, 4) is 0 Å². The fraction of sp³-hybridized carbons (Fsp3) is 0.500. The highest BCUT2D eigenvalue weighted by Crippen LogP contribution is 2.42. The highest BCUT2D eigenvalue weighted by atomic mass is 16.6. The zero-order valence-corrected chi connectivity index (χ0v) is 16.8. The van der Waals surface area contributed by atoms with Gasteiger partial charge in [0.25, 0.3) is 5.91 Å². The van der Waals surface area contributed by atoms with Crippen LogP contribution in [0.5, 0.6) is 0 Å². The van der Waals surface area contributed by atoms with Crippen molar-refractivity contribution in [2.24, 2.45) is 0 Å². The third kappa shape index (κ3) is 4.68. The van der Waals surface area contributed by atoms with Crippen molar-refractivity contribution in [3.63, 3.8) is 0 Å². The number of ether oxygens (including phenoxy) is 2. The van der Waals surface area contributed by atoms with Gasteiger partial charge in [0.1, 0.15) is 5.60 Å². The van der Waals surface area contributed by atoms with Crippen molar-refractivity contribution < 1.29 is 28.7 Å². The summed E-state index contributed by atoms with van der Waals surface area (Å²) in [5.74, 6) is -1.64. The van der Waals surface area contributed by atoms with Crippen LogP contribution in [0.25, 0.3) is 0 Å². The highest BCUT2D eigenvalue weighted by molar-refractivity contribution is 6.21. The van der Waals surface area contributed by atoms with E-state index < -0.39 is 35.1 Å². The van der Waals surface area contributed by atoms with E-state index in [0.717, 1.165) is 4.90 Å². The molecule has 1 atom stereocenters. The maximum atomic E-state index is 12.8. The second-order valence-corrected chi connectivity index (χ2v) is 7.72. The predicted molar refractivity (Wildman–Crippen MR) is 102 cm³/mol. The van der Waals surface area contributed by atoms with Crippen LogP contribution in [-0.4, -0.2) is 36.0 Å². The molecule has 1 aliphatic rings. The molecule has 152 valence electrons. The molecule has 0 aromatic heterocycles. The van der Waals surface area contributed by atoms with Gasteiger partial charge in [-0.05, 0) is 40.2 Å². The number of nitrogens with one attached hydrogen (secondary N) is 1. The van der Waals surface area contributed by atoms with E-state index in [4.69, 9.17) is 9.47 Å². The Balaban J connectivity index is 1.95. The number of nitrogens with zero attached hydrogens (tertiary/aromatic N) is 1. The van der Waals surface area contributed by atoms with Crippen molar-refractivity contribution in [3.05, 3.63) is 29.8 Å². The lowest BCUT2D eigenvalue weighted by Gasteiger charge is -2.24. The minimum atomic E-state index is -1.56. The molecule has 8 heteroatoms. The highest BCUT2D eigenvalue weighted by Gasteiger charge is 2.51. The molecule has 2 rings (SSSR count). The van der Waals surface area contributed by atoms with Crippen molar-refractivity contribution in [2.45, 2.75) is 58.7 Å². The van der Waals surface area contributed by atoms with E-state index >= 15 is 0 Å². The third-order valence-electron chi connectivity index (χ3n) is 4.13. The minimum absolute atomic E-state index is 0.000899. The van der Waals surface area contributed by atoms with Gasteiger partial charge in [-0.3, -0.25) is 14.4 Å². The van der Waals surface area contributed by atoms with Crippen LogP contribution >= 0.6 is 0 Å². The van der Waals surface area contributed by atoms with E-state index in [9.17, 15) is 19.2 Å². The zero-order valence-electron chi connectivity index (χ0n) is 16.8. The van der Waals surface area contributed by atoms with Gasteiger partial charge in [0.2, 0.25) is 11.5 Å². The summed E-state index contributed by atoms with van der Waals surface area (Å²) in [4.78, 5) is 49.5. The molecule has 3 amide bonds. The summed E-state index contributed by atoms with van der Waals surface area (Å²) in [6, 6.07) is 6.72. The van der Waals surface area contributed by atoms with Gasteiger partial charge in [-0.15, -0.1) is 0 Å². The first kappa shape index (κ1) is 21.4. The Kier molecular flexibility index (Phi) is 6.11. The monoisotopic (exact) mass is 390 g/mol. The maximum absolute atomic E-state index is 12.8. The summed E-state index contributed by atoms with van der Waals surface area (Å²) in [7, 11) is 0. The average molecular weight is 390 g/mol. The molecule has 1 unspecified atom stereocenters. The summed E-state index contributed by atoms with van der Waals surface area (Å²) in [5.41, 5.74) is -1.27. The van der Waals surface area contributed by atoms with Crippen LogP contribution in [0.2, 0.25) is 0 Å². The largest absolute Gasteiger partial charge is 0.444 e. The SMILES string of the molecule is CC(=O)N1C(=O)C(C)(OC(=O)CCCNC(=O)OC(C)(C)C)c2ccccc21. The number of hydrogen-bond donors (Lipinski definition) is 1. The molecular weight excluding hydrogens is 364 g/mol. The van der Waals surface area contributed by atoms with Crippen LogP contribution in [0.15, 0.2) is 24.3 Å². The first-order valence-corrected chi connectivity index (χ1v) is 9.09. The van der Waals surface area contributed by atoms with Gasteiger partial charge in [-0.25, -0.2) is 9.69 Å². The van der Waals surface area contributed by atoms with Gasteiger partial charge in [0.15, 0.2) is 0 Å². The number of benzene rings is 1. The quantitative estimate of drug-likeness (QED) is 0.613. The van der Waals surface area contributed by atoms with E-state index in [1.165, 1.54) is 13.8 Å². The number of alkyl carbamates (subject to hydrolysis) is 1. The van der Waals surface area contributed by atoms with Gasteiger partial charge in [0, 0.05) is 25.5 Å². The number of carbonyl (C=O) groups excluding carboxylic acids is 4. The molecule has 1 N–H and O–H groups in total. The summed E-state index contributed by atoms with van der Waals surface area (Å²) >= 11 is 0. The Morgan fingerprint density at radius 1 is 1.18 bits per heavy atom. The molecule has 28 heavy (non-hydrogen) atoms. The predicted octanol–water partition coefficient (Wildman–Crippen LogP) is 2.64. The number of imide groups is 1. The van der Waals surface area contributed by atoms with E-state index in [2.05, 4.69) is 5.32 Å². The first-order valence-electron chi connectivity index (χ1n) is 9.09. The Hall–Kier alpha value is -2.90. The maximum Gasteiger partial charge on any atom is 0.407 e. The molecule has 1 heterocycles. The van der Waals surface area contributed by atoms with Crippen LogP contribution < -0.4 is 10.2 Å². The smallest absolute Gasteiger partial charge is 0.407 e. The molecule has 0 radical (unpaired) electrons. The lowest BCUT2D eigenvalue weighted by atomic mass is 9.97. The summed E-state index contributed by atoms with van der Waals surface area (Å²) in [6.45, 7) is 8.26. The van der Waals surface area contributed by atoms with Gasteiger partial charge in [-0.1, -0.05) is 18.2 Å². The normalized spacial score (nSPS) is 18.5. The van der Waals surface area contributed by atoms with Crippen LogP contribution in [0.3, 0.4) is 0 Å². The number of esters is 1. The number of amides is 3. The van der Waals surface area contributed by atoms with Crippen LogP contribution in [-0.2, 0) is 29.5 Å². The summed E-state index contributed by atoms with van der Waals surface area (Å²) < 4.78 is 10.6. The van der Waals surface area contributed by atoms with Crippen LogP contribution in [0, 0.1) is 0 Å². The molecule has 1 aliphatic heterocycles. The van der Waals surface area contributed by atoms with Gasteiger partial charge < -0.3 is 14.8 Å². The molecule has 0 spiro atoms. The van der Waals surface area contributed by atoms with Crippen molar-refractivity contribution in [2.75, 3.05) is 11.4 Å². The molecule has 1 aromatic rings. The number of hydrogen-bond acceptors (Lipinski definition) is 6. The number of fused-ring (bicyclic) bond motifs is 1. The number of para-hydroxylation sites is 1. The van der Waals surface area contributed by atoms with E-state index in [0.29, 0.717) is 17.7 Å². The number of carbonyl (C=O) groups is 4. The Bertz CT molecular complexity index is 798. The van der Waals surface area contributed by atoms with Crippen molar-refractivity contribution in [1.82, 2.24) is 5.32 Å². The molecule has 0 saturated heterocycles. The molecule has 8 nitrogen and oxygen atoms in total. The summed E-state index contributed by atoms with van der Waals surface area (Å²) in [5, 5.41) is 2.56. The van der Waals surface area contributed by atoms with Crippen molar-refractivity contribution >= 4 is 29.6 Å². The second-order valence-electron chi connectivity index (χ2n) is 7.72. The Morgan fingerprint density at radius 2 is 1.82 bits per heavy atom. The standard InChI is InChI=1S/C20H26N2O6/c1-13(23)22-15-10-7-6-9-14(15)20(5,17(22)25)27-16(24)11-8-12-21-18(26)28-19(2,3)4/h6-7,9-10H,8,11-12H2,1-5H3,(H,21,26). The van der Waals surface area contributed by atoms with Gasteiger partial charge in [-0.2, -0.15) is 0 Å².